The third kappa shape index (κ3) is 2.76. The highest BCUT2D eigenvalue weighted by Gasteiger charge is 2.20. The highest BCUT2D eigenvalue weighted by molar-refractivity contribution is 5.75. The fourth-order valence-corrected chi connectivity index (χ4v) is 3.60. The van der Waals surface area contributed by atoms with Gasteiger partial charge in [-0.05, 0) is 31.2 Å². The van der Waals surface area contributed by atoms with E-state index in [9.17, 15) is 4.39 Å². The summed E-state index contributed by atoms with van der Waals surface area (Å²) in [4.78, 5) is 13.6. The highest BCUT2D eigenvalue weighted by Crippen LogP contribution is 2.31. The zero-order chi connectivity index (χ0) is 19.1. The Bertz CT molecular complexity index is 1170. The van der Waals surface area contributed by atoms with E-state index in [2.05, 4.69) is 20.3 Å². The Balaban J connectivity index is 1.52. The van der Waals surface area contributed by atoms with Crippen molar-refractivity contribution in [2.45, 2.75) is 19.9 Å². The smallest absolute Gasteiger partial charge is 0.208 e. The molecular formula is C21H18FN5O. The summed E-state index contributed by atoms with van der Waals surface area (Å²) >= 11 is 0. The van der Waals surface area contributed by atoms with Crippen LogP contribution in [0.2, 0.25) is 0 Å². The van der Waals surface area contributed by atoms with E-state index in [-0.39, 0.29) is 5.82 Å². The van der Waals surface area contributed by atoms with Gasteiger partial charge < -0.3 is 10.1 Å². The third-order valence-corrected chi connectivity index (χ3v) is 4.92. The van der Waals surface area contributed by atoms with Gasteiger partial charge in [0.15, 0.2) is 5.65 Å². The minimum Gasteiger partial charge on any atom is -0.493 e. The number of nitrogens with one attached hydrogen (secondary N) is 1. The number of pyridine rings is 1. The summed E-state index contributed by atoms with van der Waals surface area (Å²) in [6.45, 7) is 2.84. The van der Waals surface area contributed by atoms with Crippen LogP contribution in [-0.4, -0.2) is 26.0 Å². The second kappa shape index (κ2) is 6.60. The molecule has 1 aliphatic rings. The van der Waals surface area contributed by atoms with Gasteiger partial charge in [0, 0.05) is 42.7 Å². The van der Waals surface area contributed by atoms with Crippen LogP contribution in [-0.2, 0) is 13.0 Å². The SMILES string of the molecule is Cc1cn2c(NCc3c(F)ccc4c3CCO4)ncc(-c3ccccn3)c2n1. The Hall–Kier alpha value is -3.48. The molecule has 28 heavy (non-hydrogen) atoms. The van der Waals surface area contributed by atoms with Crippen LogP contribution in [0, 0.1) is 12.7 Å². The average molecular weight is 375 g/mol. The van der Waals surface area contributed by atoms with Crippen molar-refractivity contribution >= 4 is 11.6 Å². The van der Waals surface area contributed by atoms with Crippen molar-refractivity contribution < 1.29 is 9.13 Å². The van der Waals surface area contributed by atoms with Crippen molar-refractivity contribution in [2.24, 2.45) is 0 Å². The molecular weight excluding hydrogens is 357 g/mol. The maximum Gasteiger partial charge on any atom is 0.208 e. The summed E-state index contributed by atoms with van der Waals surface area (Å²) in [5, 5.41) is 3.26. The monoisotopic (exact) mass is 375 g/mol. The third-order valence-electron chi connectivity index (χ3n) is 4.92. The maximum absolute atomic E-state index is 14.4. The number of hydrogen-bond acceptors (Lipinski definition) is 5. The summed E-state index contributed by atoms with van der Waals surface area (Å²) in [5.74, 6) is 1.13. The molecule has 0 saturated heterocycles. The molecule has 4 aromatic rings. The van der Waals surface area contributed by atoms with Crippen molar-refractivity contribution in [3.8, 4) is 17.0 Å². The van der Waals surface area contributed by atoms with E-state index in [0.717, 1.165) is 40.3 Å². The lowest BCUT2D eigenvalue weighted by atomic mass is 10.0. The molecule has 4 heterocycles. The second-order valence-electron chi connectivity index (χ2n) is 6.74. The molecule has 1 aromatic carbocycles. The first-order valence-electron chi connectivity index (χ1n) is 9.14. The van der Waals surface area contributed by atoms with Gasteiger partial charge in [0.25, 0.3) is 0 Å². The number of aryl methyl sites for hydroxylation is 1. The Labute approximate surface area is 161 Å². The number of rotatable bonds is 4. The van der Waals surface area contributed by atoms with Crippen molar-refractivity contribution in [1.29, 1.82) is 0 Å². The van der Waals surface area contributed by atoms with Gasteiger partial charge in [0.2, 0.25) is 5.95 Å². The molecule has 0 unspecified atom stereocenters. The standard InChI is InChI=1S/C21H18FN5O/c1-13-12-27-20(26-13)16(18-4-2-3-8-23-18)11-25-21(27)24-10-15-14-7-9-28-19(14)6-5-17(15)22/h2-6,8,11-12H,7,9-10H2,1H3,(H,24,25). The normalized spacial score (nSPS) is 12.8. The summed E-state index contributed by atoms with van der Waals surface area (Å²) in [6, 6.07) is 8.88. The first kappa shape index (κ1) is 16.7. The first-order valence-corrected chi connectivity index (χ1v) is 9.14. The minimum absolute atomic E-state index is 0.236. The number of aromatic nitrogens is 4. The molecule has 0 amide bonds. The van der Waals surface area contributed by atoms with Crippen LogP contribution in [0.15, 0.2) is 48.9 Å². The lowest BCUT2D eigenvalue weighted by Crippen LogP contribution is -2.09. The molecule has 0 atom stereocenters. The van der Waals surface area contributed by atoms with Gasteiger partial charge in [-0.3, -0.25) is 9.38 Å². The number of fused-ring (bicyclic) bond motifs is 2. The van der Waals surface area contributed by atoms with Crippen molar-refractivity contribution in [3.63, 3.8) is 0 Å². The number of ether oxygens (including phenoxy) is 1. The van der Waals surface area contributed by atoms with Gasteiger partial charge in [0.05, 0.1) is 23.6 Å². The van der Waals surface area contributed by atoms with Gasteiger partial charge in [-0.25, -0.2) is 14.4 Å². The summed E-state index contributed by atoms with van der Waals surface area (Å²) in [5.41, 5.74) is 4.83. The van der Waals surface area contributed by atoms with Gasteiger partial charge in [-0.1, -0.05) is 6.07 Å². The van der Waals surface area contributed by atoms with Crippen LogP contribution in [0.25, 0.3) is 16.9 Å². The topological polar surface area (TPSA) is 64.3 Å². The zero-order valence-electron chi connectivity index (χ0n) is 15.3. The van der Waals surface area contributed by atoms with Crippen LogP contribution in [0.3, 0.4) is 0 Å². The van der Waals surface area contributed by atoms with E-state index in [4.69, 9.17) is 4.74 Å². The Kier molecular flexibility index (Phi) is 3.93. The van der Waals surface area contributed by atoms with Crippen LogP contribution in [0.4, 0.5) is 10.3 Å². The summed E-state index contributed by atoms with van der Waals surface area (Å²) in [6.07, 6.45) is 6.12. The lowest BCUT2D eigenvalue weighted by Gasteiger charge is -2.12. The lowest BCUT2D eigenvalue weighted by molar-refractivity contribution is 0.356. The second-order valence-corrected chi connectivity index (χ2v) is 6.74. The highest BCUT2D eigenvalue weighted by atomic mass is 19.1. The number of hydrogen-bond donors (Lipinski definition) is 1. The number of benzene rings is 1. The van der Waals surface area contributed by atoms with Crippen molar-refractivity contribution in [1.82, 2.24) is 19.4 Å². The van der Waals surface area contributed by atoms with E-state index < -0.39 is 0 Å². The fourth-order valence-electron chi connectivity index (χ4n) is 3.60. The molecule has 0 fully saturated rings. The molecule has 140 valence electrons. The van der Waals surface area contributed by atoms with E-state index in [1.807, 2.05) is 35.7 Å². The van der Waals surface area contributed by atoms with E-state index >= 15 is 0 Å². The minimum atomic E-state index is -0.236. The fraction of sp³-hybridized carbons (Fsp3) is 0.190. The molecule has 5 rings (SSSR count). The largest absolute Gasteiger partial charge is 0.493 e. The summed E-state index contributed by atoms with van der Waals surface area (Å²) < 4.78 is 21.8. The van der Waals surface area contributed by atoms with Crippen LogP contribution >= 0.6 is 0 Å². The van der Waals surface area contributed by atoms with Crippen LogP contribution in [0.5, 0.6) is 5.75 Å². The van der Waals surface area contributed by atoms with Gasteiger partial charge in [-0.2, -0.15) is 0 Å². The molecule has 6 nitrogen and oxygen atoms in total. The van der Waals surface area contributed by atoms with Crippen molar-refractivity contribution in [2.75, 3.05) is 11.9 Å². The molecule has 1 N–H and O–H groups in total. The number of nitrogens with zero attached hydrogens (tertiary/aromatic N) is 4. The van der Waals surface area contributed by atoms with E-state index in [1.54, 1.807) is 18.5 Å². The predicted octanol–water partition coefficient (Wildman–Crippen LogP) is 3.79. The maximum atomic E-state index is 14.4. The predicted molar refractivity (Wildman–Crippen MR) is 104 cm³/mol. The molecule has 0 bridgehead atoms. The molecule has 0 spiro atoms. The zero-order valence-corrected chi connectivity index (χ0v) is 15.3. The molecule has 0 aliphatic carbocycles. The van der Waals surface area contributed by atoms with Crippen molar-refractivity contribution in [3.05, 3.63) is 71.6 Å². The summed E-state index contributed by atoms with van der Waals surface area (Å²) in [7, 11) is 0. The Morgan fingerprint density at radius 1 is 1.21 bits per heavy atom. The van der Waals surface area contributed by atoms with Gasteiger partial charge in [-0.15, -0.1) is 0 Å². The number of anilines is 1. The quantitative estimate of drug-likeness (QED) is 0.588. The first-order chi connectivity index (χ1) is 13.7. The molecule has 0 radical (unpaired) electrons. The average Bonchev–Trinajstić information content (AvgIpc) is 3.34. The molecule has 1 aliphatic heterocycles. The Morgan fingerprint density at radius 3 is 3.00 bits per heavy atom. The Morgan fingerprint density at radius 2 is 2.14 bits per heavy atom. The van der Waals surface area contributed by atoms with E-state index in [0.29, 0.717) is 24.7 Å². The molecule has 7 heteroatoms. The molecule has 3 aromatic heterocycles. The van der Waals surface area contributed by atoms with Gasteiger partial charge >= 0.3 is 0 Å². The van der Waals surface area contributed by atoms with Crippen LogP contribution < -0.4 is 10.1 Å². The van der Waals surface area contributed by atoms with Gasteiger partial charge in [0.1, 0.15) is 11.6 Å². The number of halogens is 1. The number of imidazole rings is 1. The van der Waals surface area contributed by atoms with E-state index in [1.165, 1.54) is 6.07 Å². The molecule has 0 saturated carbocycles. The van der Waals surface area contributed by atoms with Crippen LogP contribution in [0.1, 0.15) is 16.8 Å².